The second-order valence-corrected chi connectivity index (χ2v) is 9.45. The lowest BCUT2D eigenvalue weighted by atomic mass is 9.48. The molecule has 0 aliphatic heterocycles. The molecule has 5 rings (SSSR count). The minimum Gasteiger partial charge on any atom is -0.497 e. The van der Waals surface area contributed by atoms with E-state index in [1.54, 1.807) is 7.11 Å². The van der Waals surface area contributed by atoms with Crippen molar-refractivity contribution < 1.29 is 19.2 Å². The molecule has 2 saturated carbocycles. The lowest BCUT2D eigenvalue weighted by Gasteiger charge is -2.56. The predicted molar refractivity (Wildman–Crippen MR) is 106 cm³/mol. The van der Waals surface area contributed by atoms with Crippen molar-refractivity contribution in [2.24, 2.45) is 16.7 Å². The van der Waals surface area contributed by atoms with Gasteiger partial charge >= 0.3 is 5.97 Å². The number of benzene rings is 1. The maximum absolute atomic E-state index is 12.1. The molecule has 1 unspecified atom stereocenters. The second kappa shape index (κ2) is 5.83. The van der Waals surface area contributed by atoms with E-state index < -0.39 is 23.0 Å². The van der Waals surface area contributed by atoms with Crippen molar-refractivity contribution in [3.8, 4) is 5.75 Å². The number of nitro groups is 1. The number of methoxy groups -OCH3 is 1. The molecule has 4 aliphatic carbocycles. The molecular formula is C23H27NO5. The van der Waals surface area contributed by atoms with Gasteiger partial charge in [-0.1, -0.05) is 19.1 Å². The van der Waals surface area contributed by atoms with Crippen LogP contribution in [0.5, 0.6) is 5.75 Å². The van der Waals surface area contributed by atoms with Crippen LogP contribution in [0.25, 0.3) is 0 Å². The maximum atomic E-state index is 12.1. The largest absolute Gasteiger partial charge is 0.497 e. The number of hydrogen-bond acceptors (Lipinski definition) is 5. The number of carbonyl (C=O) groups excluding carboxylic acids is 1. The smallest absolute Gasteiger partial charge is 0.303 e. The van der Waals surface area contributed by atoms with Crippen molar-refractivity contribution in [1.29, 1.82) is 0 Å². The topological polar surface area (TPSA) is 78.7 Å². The summed E-state index contributed by atoms with van der Waals surface area (Å²) < 4.78 is 11.2. The Labute approximate surface area is 170 Å². The van der Waals surface area contributed by atoms with Gasteiger partial charge in [-0.2, -0.15) is 0 Å². The number of nitrogens with zero attached hydrogens (tertiary/aromatic N) is 1. The summed E-state index contributed by atoms with van der Waals surface area (Å²) in [6.07, 6.45) is 8.21. The fourth-order valence-corrected chi connectivity index (χ4v) is 7.48. The monoisotopic (exact) mass is 397 g/mol. The van der Waals surface area contributed by atoms with Gasteiger partial charge < -0.3 is 9.47 Å². The quantitative estimate of drug-likeness (QED) is 0.333. The van der Waals surface area contributed by atoms with E-state index >= 15 is 0 Å². The van der Waals surface area contributed by atoms with Crippen LogP contribution in [-0.4, -0.2) is 29.6 Å². The summed E-state index contributed by atoms with van der Waals surface area (Å²) in [7, 11) is 1.69. The summed E-state index contributed by atoms with van der Waals surface area (Å²) in [5.74, 6) is 1.13. The number of rotatable bonds is 3. The molecule has 2 fully saturated rings. The Bertz CT molecular complexity index is 941. The minimum absolute atomic E-state index is 0.214. The van der Waals surface area contributed by atoms with Crippen LogP contribution in [0.15, 0.2) is 30.4 Å². The number of carbonyl (C=O) groups is 1. The van der Waals surface area contributed by atoms with Crippen LogP contribution in [0.1, 0.15) is 56.6 Å². The number of fused-ring (bicyclic) bond motifs is 3. The van der Waals surface area contributed by atoms with E-state index in [0.29, 0.717) is 18.3 Å². The van der Waals surface area contributed by atoms with Gasteiger partial charge in [-0.15, -0.1) is 0 Å². The van der Waals surface area contributed by atoms with Crippen LogP contribution >= 0.6 is 0 Å². The Morgan fingerprint density at radius 3 is 2.76 bits per heavy atom. The van der Waals surface area contributed by atoms with Gasteiger partial charge in [0.15, 0.2) is 0 Å². The lowest BCUT2D eigenvalue weighted by molar-refractivity contribution is -0.540. The first-order valence-electron chi connectivity index (χ1n) is 10.5. The Balaban J connectivity index is 1.61. The maximum Gasteiger partial charge on any atom is 0.303 e. The van der Waals surface area contributed by atoms with Crippen LogP contribution < -0.4 is 4.74 Å². The van der Waals surface area contributed by atoms with E-state index in [9.17, 15) is 14.9 Å². The fourth-order valence-electron chi connectivity index (χ4n) is 7.48. The van der Waals surface area contributed by atoms with Crippen molar-refractivity contribution in [3.05, 3.63) is 51.6 Å². The average molecular weight is 397 g/mol. The molecule has 6 nitrogen and oxygen atoms in total. The summed E-state index contributed by atoms with van der Waals surface area (Å²) >= 11 is 0. The van der Waals surface area contributed by atoms with E-state index in [1.807, 2.05) is 12.1 Å². The van der Waals surface area contributed by atoms with Crippen molar-refractivity contribution in [2.45, 2.75) is 63.5 Å². The molecule has 0 radical (unpaired) electrons. The third-order valence-electron chi connectivity index (χ3n) is 8.69. The van der Waals surface area contributed by atoms with Crippen molar-refractivity contribution in [1.82, 2.24) is 0 Å². The highest BCUT2D eigenvalue weighted by atomic mass is 16.6. The van der Waals surface area contributed by atoms with Gasteiger partial charge in [-0.05, 0) is 66.9 Å². The van der Waals surface area contributed by atoms with Crippen molar-refractivity contribution >= 4 is 5.97 Å². The molecule has 1 aromatic carbocycles. The number of aryl methyl sites for hydroxylation is 1. The molecule has 0 aromatic heterocycles. The average Bonchev–Trinajstić information content (AvgIpc) is 3.07. The molecule has 29 heavy (non-hydrogen) atoms. The molecule has 154 valence electrons. The first kappa shape index (κ1) is 18.6. The van der Waals surface area contributed by atoms with Crippen LogP contribution in [0.4, 0.5) is 0 Å². The Morgan fingerprint density at radius 1 is 1.28 bits per heavy atom. The number of esters is 1. The van der Waals surface area contributed by atoms with Gasteiger partial charge in [-0.3, -0.25) is 14.9 Å². The lowest BCUT2D eigenvalue weighted by Crippen LogP contribution is -2.56. The highest BCUT2D eigenvalue weighted by molar-refractivity contribution is 5.68. The van der Waals surface area contributed by atoms with Crippen molar-refractivity contribution in [3.63, 3.8) is 0 Å². The van der Waals surface area contributed by atoms with Gasteiger partial charge in [0.1, 0.15) is 5.75 Å². The number of ether oxygens (including phenoxy) is 2. The molecular weight excluding hydrogens is 370 g/mol. The molecule has 0 amide bonds. The van der Waals surface area contributed by atoms with E-state index in [4.69, 9.17) is 9.47 Å². The second-order valence-electron chi connectivity index (χ2n) is 9.45. The predicted octanol–water partition coefficient (Wildman–Crippen LogP) is 4.05. The van der Waals surface area contributed by atoms with Crippen molar-refractivity contribution in [2.75, 3.05) is 7.11 Å². The first-order chi connectivity index (χ1) is 13.8. The van der Waals surface area contributed by atoms with E-state index in [2.05, 4.69) is 25.1 Å². The van der Waals surface area contributed by atoms with E-state index in [0.717, 1.165) is 31.4 Å². The molecule has 0 N–H and O–H groups in total. The Hall–Kier alpha value is -2.37. The highest BCUT2D eigenvalue weighted by Crippen LogP contribution is 2.76. The van der Waals surface area contributed by atoms with Gasteiger partial charge in [0.25, 0.3) is 6.04 Å². The Kier molecular flexibility index (Phi) is 3.75. The zero-order valence-electron chi connectivity index (χ0n) is 17.1. The highest BCUT2D eigenvalue weighted by Gasteiger charge is 2.80. The molecule has 1 aromatic rings. The van der Waals surface area contributed by atoms with E-state index in [-0.39, 0.29) is 10.3 Å². The molecule has 0 saturated heterocycles. The molecule has 4 aliphatic rings. The zero-order valence-corrected chi connectivity index (χ0v) is 17.1. The van der Waals surface area contributed by atoms with E-state index in [1.165, 1.54) is 18.1 Å². The number of hydrogen-bond donors (Lipinski definition) is 0. The van der Waals surface area contributed by atoms with Crippen LogP contribution in [0.2, 0.25) is 0 Å². The summed E-state index contributed by atoms with van der Waals surface area (Å²) in [5, 5.41) is 12.1. The molecule has 0 heterocycles. The van der Waals surface area contributed by atoms with Gasteiger partial charge in [0.2, 0.25) is 5.60 Å². The molecule has 0 spiro atoms. The van der Waals surface area contributed by atoms with Crippen LogP contribution in [0, 0.1) is 26.9 Å². The van der Waals surface area contributed by atoms with Gasteiger partial charge in [0, 0.05) is 29.1 Å². The Morgan fingerprint density at radius 2 is 2.07 bits per heavy atom. The molecule has 2 bridgehead atoms. The van der Waals surface area contributed by atoms with Crippen LogP contribution in [-0.2, 0) is 16.0 Å². The summed E-state index contributed by atoms with van der Waals surface area (Å²) in [6.45, 7) is 3.48. The first-order valence-corrected chi connectivity index (χ1v) is 10.5. The van der Waals surface area contributed by atoms with Gasteiger partial charge in [0.05, 0.1) is 7.11 Å². The third-order valence-corrected chi connectivity index (χ3v) is 8.69. The molecule has 6 heteroatoms. The minimum atomic E-state index is -1.13. The zero-order chi connectivity index (χ0) is 20.6. The standard InChI is InChI=1S/C23H27NO5/c1-14(25)29-23-11-10-22(13-20(23)24(26)27)19-7-4-15-12-16(28-3)5-6-17(15)18(19)8-9-21(22,23)2/h5-6,10-12,18-20H,4,7-9,13H2,1-3H3/t18-,19-,20?,21+,22+,23+/m1/s1. The van der Waals surface area contributed by atoms with Gasteiger partial charge in [-0.25, -0.2) is 0 Å². The summed E-state index contributed by atoms with van der Waals surface area (Å²) in [5.41, 5.74) is 0.826. The third kappa shape index (κ3) is 2.10. The van der Waals surface area contributed by atoms with Crippen LogP contribution in [0.3, 0.4) is 0 Å². The SMILES string of the molecule is COc1ccc2c(c1)CC[C@@H]1[C@@H]2CC[C@]2(C)[C@]3(OC(C)=O)C=C[C@]12CC3[N+](=O)[O-]. The number of allylic oxidation sites excluding steroid dienone is 1. The fraction of sp³-hybridized carbons (Fsp3) is 0.609. The summed E-state index contributed by atoms with van der Waals surface area (Å²) in [4.78, 5) is 23.8. The summed E-state index contributed by atoms with van der Waals surface area (Å²) in [6, 6.07) is 5.47. The molecule has 6 atom stereocenters. The normalized spacial score (nSPS) is 41.3.